The number of aromatic nitrogens is 4. The van der Waals surface area contributed by atoms with Crippen molar-refractivity contribution in [2.24, 2.45) is 0 Å². The molecule has 2 aromatic heterocycles. The van der Waals surface area contributed by atoms with Gasteiger partial charge in [-0.2, -0.15) is 5.10 Å². The second kappa shape index (κ2) is 9.82. The second-order valence-electron chi connectivity index (χ2n) is 7.36. The number of hydrogen-bond acceptors (Lipinski definition) is 7. The zero-order valence-electron chi connectivity index (χ0n) is 17.9. The average Bonchev–Trinajstić information content (AvgIpc) is 3.18. The van der Waals surface area contributed by atoms with Crippen molar-refractivity contribution < 1.29 is 14.3 Å². The Bertz CT molecular complexity index is 1130. The number of rotatable bonds is 6. The van der Waals surface area contributed by atoms with Gasteiger partial charge in [-0.25, -0.2) is 19.6 Å². The highest BCUT2D eigenvalue weighted by Crippen LogP contribution is 2.28. The van der Waals surface area contributed by atoms with Crippen LogP contribution in [0.15, 0.2) is 46.7 Å². The summed E-state index contributed by atoms with van der Waals surface area (Å²) in [6, 6.07) is 7.11. The molecule has 166 valence electrons. The molecule has 0 bridgehead atoms. The maximum absolute atomic E-state index is 12.5. The van der Waals surface area contributed by atoms with E-state index in [0.29, 0.717) is 22.1 Å². The van der Waals surface area contributed by atoms with E-state index < -0.39 is 5.97 Å². The molecular weight excluding hydrogens is 428 g/mol. The number of aryl methyl sites for hydroxylation is 2. The number of carbonyl (C=O) groups excluding carboxylic acids is 2. The Kier molecular flexibility index (Phi) is 6.69. The van der Waals surface area contributed by atoms with Crippen molar-refractivity contribution in [3.05, 3.63) is 59.2 Å². The first-order valence-corrected chi connectivity index (χ1v) is 11.1. The number of urea groups is 1. The average molecular weight is 453 g/mol. The monoisotopic (exact) mass is 452 g/mol. The molecule has 3 aromatic rings. The summed E-state index contributed by atoms with van der Waals surface area (Å²) < 4.78 is 6.79. The van der Waals surface area contributed by atoms with Crippen molar-refractivity contribution in [3.63, 3.8) is 0 Å². The van der Waals surface area contributed by atoms with Gasteiger partial charge in [-0.15, -0.1) is 0 Å². The summed E-state index contributed by atoms with van der Waals surface area (Å²) >= 11 is 1.45. The van der Waals surface area contributed by atoms with Crippen LogP contribution in [0.4, 0.5) is 10.5 Å². The number of carbonyl (C=O) groups is 2. The van der Waals surface area contributed by atoms with Gasteiger partial charge >= 0.3 is 12.0 Å². The molecule has 1 aliphatic rings. The Labute approximate surface area is 190 Å². The highest BCUT2D eigenvalue weighted by Gasteiger charge is 2.26. The van der Waals surface area contributed by atoms with Gasteiger partial charge in [-0.1, -0.05) is 0 Å². The van der Waals surface area contributed by atoms with Crippen LogP contribution in [0.5, 0.6) is 0 Å². The van der Waals surface area contributed by atoms with E-state index in [1.807, 2.05) is 29.8 Å². The highest BCUT2D eigenvalue weighted by molar-refractivity contribution is 7.99. The zero-order valence-corrected chi connectivity index (χ0v) is 18.7. The smallest absolute Gasteiger partial charge is 0.341 e. The van der Waals surface area contributed by atoms with Gasteiger partial charge < -0.3 is 15.4 Å². The molecule has 0 spiro atoms. The summed E-state index contributed by atoms with van der Waals surface area (Å²) in [4.78, 5) is 34.2. The van der Waals surface area contributed by atoms with E-state index in [1.54, 1.807) is 18.5 Å². The molecule has 1 aliphatic heterocycles. The maximum Gasteiger partial charge on any atom is 0.341 e. The summed E-state index contributed by atoms with van der Waals surface area (Å²) in [5.74, 6) is -0.420. The normalized spacial score (nSPS) is 12.7. The van der Waals surface area contributed by atoms with Gasteiger partial charge in [0.2, 0.25) is 0 Å². The molecule has 3 heterocycles. The predicted molar refractivity (Wildman–Crippen MR) is 120 cm³/mol. The topological polar surface area (TPSA) is 111 Å². The summed E-state index contributed by atoms with van der Waals surface area (Å²) in [5, 5.41) is 10.8. The van der Waals surface area contributed by atoms with Crippen LogP contribution >= 0.6 is 11.8 Å². The molecule has 0 saturated carbocycles. The number of fused-ring (bicyclic) bond motifs is 1. The Morgan fingerprint density at radius 2 is 2.03 bits per heavy atom. The lowest BCUT2D eigenvalue weighted by Gasteiger charge is -2.13. The van der Waals surface area contributed by atoms with Crippen LogP contribution < -0.4 is 10.6 Å². The van der Waals surface area contributed by atoms with Crippen LogP contribution in [0.1, 0.15) is 40.2 Å². The van der Waals surface area contributed by atoms with E-state index >= 15 is 0 Å². The quantitative estimate of drug-likeness (QED) is 0.434. The number of esters is 1. The molecule has 4 rings (SSSR count). The fraction of sp³-hybridized carbons (Fsp3) is 0.318. The van der Waals surface area contributed by atoms with Gasteiger partial charge in [0.05, 0.1) is 25.0 Å². The lowest BCUT2D eigenvalue weighted by molar-refractivity contribution is 0.0597. The van der Waals surface area contributed by atoms with Crippen LogP contribution in [-0.4, -0.2) is 38.9 Å². The van der Waals surface area contributed by atoms with Crippen molar-refractivity contribution in [1.29, 1.82) is 0 Å². The molecule has 0 saturated heterocycles. The fourth-order valence-electron chi connectivity index (χ4n) is 3.62. The molecule has 1 aromatic carbocycles. The summed E-state index contributed by atoms with van der Waals surface area (Å²) in [7, 11) is 1.35. The first kappa shape index (κ1) is 21.8. The van der Waals surface area contributed by atoms with E-state index in [2.05, 4.69) is 25.7 Å². The summed E-state index contributed by atoms with van der Waals surface area (Å²) in [6.07, 6.45) is 6.20. The summed E-state index contributed by atoms with van der Waals surface area (Å²) in [6.45, 7) is 2.82. The van der Waals surface area contributed by atoms with Crippen molar-refractivity contribution in [2.75, 3.05) is 12.4 Å². The third kappa shape index (κ3) is 4.91. The van der Waals surface area contributed by atoms with Crippen molar-refractivity contribution in [3.8, 4) is 0 Å². The number of anilines is 1. The lowest BCUT2D eigenvalue weighted by atomic mass is 10.0. The first-order chi connectivity index (χ1) is 15.5. The molecule has 0 aliphatic carbocycles. The van der Waals surface area contributed by atoms with Crippen LogP contribution in [0, 0.1) is 6.92 Å². The van der Waals surface area contributed by atoms with Crippen molar-refractivity contribution in [2.45, 2.75) is 49.3 Å². The minimum Gasteiger partial charge on any atom is -0.465 e. The SMILES string of the molecule is COC(=O)c1c(CNC(=O)Nc2ccc(Sc3ncccn3)cc2C)nn2c1CCCC2. The minimum absolute atomic E-state index is 0.134. The zero-order chi connectivity index (χ0) is 22.5. The first-order valence-electron chi connectivity index (χ1n) is 10.3. The molecular formula is C22H24N6O3S. The lowest BCUT2D eigenvalue weighted by Crippen LogP contribution is -2.29. The molecule has 2 amide bonds. The number of hydrogen-bond donors (Lipinski definition) is 2. The van der Waals surface area contributed by atoms with Gasteiger partial charge in [0.1, 0.15) is 5.56 Å². The van der Waals surface area contributed by atoms with E-state index in [9.17, 15) is 9.59 Å². The maximum atomic E-state index is 12.5. The van der Waals surface area contributed by atoms with Gasteiger partial charge in [0, 0.05) is 29.5 Å². The number of benzene rings is 1. The van der Waals surface area contributed by atoms with Gasteiger partial charge in [-0.05, 0) is 67.8 Å². The molecule has 2 N–H and O–H groups in total. The molecule has 10 heteroatoms. The number of nitrogens with zero attached hydrogens (tertiary/aromatic N) is 4. The molecule has 9 nitrogen and oxygen atoms in total. The van der Waals surface area contributed by atoms with E-state index in [0.717, 1.165) is 42.0 Å². The van der Waals surface area contributed by atoms with E-state index in [-0.39, 0.29) is 12.6 Å². The number of methoxy groups -OCH3 is 1. The Balaban J connectivity index is 1.40. The van der Waals surface area contributed by atoms with Crippen LogP contribution in [-0.2, 0) is 24.2 Å². The third-order valence-corrected chi connectivity index (χ3v) is 6.05. The predicted octanol–water partition coefficient (Wildman–Crippen LogP) is 3.58. The fourth-order valence-corrected chi connectivity index (χ4v) is 4.43. The van der Waals surface area contributed by atoms with Crippen LogP contribution in [0.3, 0.4) is 0 Å². The Hall–Kier alpha value is -3.40. The Morgan fingerprint density at radius 3 is 2.78 bits per heavy atom. The molecule has 0 atom stereocenters. The van der Waals surface area contributed by atoms with Gasteiger partial charge in [0.15, 0.2) is 5.16 Å². The second-order valence-corrected chi connectivity index (χ2v) is 8.40. The standard InChI is InChI=1S/C22H24N6O3S/c1-14-12-15(32-22-23-9-5-10-24-22)7-8-16(14)26-21(30)25-13-17-19(20(29)31-2)18-6-3-4-11-28(18)27-17/h5,7-10,12H,3-4,6,11,13H2,1-2H3,(H2,25,26,30). The van der Waals surface area contributed by atoms with Gasteiger partial charge in [0.25, 0.3) is 0 Å². The van der Waals surface area contributed by atoms with Crippen LogP contribution in [0.25, 0.3) is 0 Å². The number of nitrogens with one attached hydrogen (secondary N) is 2. The van der Waals surface area contributed by atoms with Crippen molar-refractivity contribution >= 4 is 29.4 Å². The van der Waals surface area contributed by atoms with Crippen LogP contribution in [0.2, 0.25) is 0 Å². The van der Waals surface area contributed by atoms with E-state index in [1.165, 1.54) is 18.9 Å². The molecule has 32 heavy (non-hydrogen) atoms. The molecule has 0 radical (unpaired) electrons. The molecule has 0 fully saturated rings. The van der Waals surface area contributed by atoms with Crippen molar-refractivity contribution in [1.82, 2.24) is 25.1 Å². The third-order valence-electron chi connectivity index (χ3n) is 5.17. The summed E-state index contributed by atoms with van der Waals surface area (Å²) in [5.41, 5.74) is 3.47. The number of amides is 2. The molecule has 0 unspecified atom stereocenters. The minimum atomic E-state index is -0.420. The van der Waals surface area contributed by atoms with E-state index in [4.69, 9.17) is 4.74 Å². The highest BCUT2D eigenvalue weighted by atomic mass is 32.2. The number of ether oxygens (including phenoxy) is 1. The largest absolute Gasteiger partial charge is 0.465 e. The Morgan fingerprint density at radius 1 is 1.22 bits per heavy atom. The van der Waals surface area contributed by atoms with Gasteiger partial charge in [-0.3, -0.25) is 4.68 Å².